The summed E-state index contributed by atoms with van der Waals surface area (Å²) in [6, 6.07) is 23.8. The minimum Gasteiger partial charge on any atom is -0.331 e. The molecule has 4 N–H and O–H groups in total. The van der Waals surface area contributed by atoms with Gasteiger partial charge in [0.25, 0.3) is 11.8 Å². The number of aromatic nitrogens is 1. The van der Waals surface area contributed by atoms with Gasteiger partial charge in [0.1, 0.15) is 12.6 Å². The van der Waals surface area contributed by atoms with Crippen LogP contribution in [-0.4, -0.2) is 22.4 Å². The van der Waals surface area contributed by atoms with Crippen LogP contribution in [-0.2, 0) is 16.1 Å². The molecule has 4 aromatic rings. The summed E-state index contributed by atoms with van der Waals surface area (Å²) >= 11 is 0. The molecule has 5 rings (SSSR count). The highest BCUT2D eigenvalue weighted by Crippen LogP contribution is 2.22. The lowest BCUT2D eigenvalue weighted by molar-refractivity contribution is -0.130. The molecule has 0 spiro atoms. The third kappa shape index (κ3) is 4.09. The van der Waals surface area contributed by atoms with E-state index in [2.05, 4.69) is 21.7 Å². The maximum Gasteiger partial charge on any atom is 0.258 e. The van der Waals surface area contributed by atoms with E-state index in [4.69, 9.17) is 0 Å². The zero-order valence-electron chi connectivity index (χ0n) is 17.7. The van der Waals surface area contributed by atoms with E-state index in [0.717, 1.165) is 5.56 Å². The molecule has 166 valence electrons. The number of rotatable bonds is 4. The number of pyridine rings is 1. The zero-order chi connectivity index (χ0) is 22.8. The van der Waals surface area contributed by atoms with Crippen LogP contribution in [0.5, 0.6) is 0 Å². The molecule has 1 saturated heterocycles. The van der Waals surface area contributed by atoms with Gasteiger partial charge in [-0.25, -0.2) is 10.9 Å². The minimum atomic E-state index is -0.482. The lowest BCUT2D eigenvalue weighted by Crippen LogP contribution is -2.50. The summed E-state index contributed by atoms with van der Waals surface area (Å²) in [4.78, 5) is 38.1. The summed E-state index contributed by atoms with van der Waals surface area (Å²) in [6.07, 6.45) is 0.556. The maximum absolute atomic E-state index is 12.8. The maximum atomic E-state index is 12.8. The van der Waals surface area contributed by atoms with E-state index < -0.39 is 11.9 Å². The fourth-order valence-electron chi connectivity index (χ4n) is 4.28. The summed E-state index contributed by atoms with van der Waals surface area (Å²) in [6.45, 7) is -0.0510. The predicted molar refractivity (Wildman–Crippen MR) is 126 cm³/mol. The van der Waals surface area contributed by atoms with Crippen molar-refractivity contribution in [1.29, 1.82) is 0 Å². The summed E-state index contributed by atoms with van der Waals surface area (Å²) in [5, 5.41) is 1.09. The molecule has 2 unspecified atom stereocenters. The number of hydrazine groups is 2. The van der Waals surface area contributed by atoms with Crippen molar-refractivity contribution in [3.63, 3.8) is 0 Å². The molecular formula is C25H23N5O3. The number of fused-ring (bicyclic) bond motifs is 2. The summed E-state index contributed by atoms with van der Waals surface area (Å²) in [7, 11) is 0. The Labute approximate surface area is 189 Å². The lowest BCUT2D eigenvalue weighted by atomic mass is 10.0. The van der Waals surface area contributed by atoms with Gasteiger partial charge in [-0.1, -0.05) is 54.6 Å². The molecule has 2 amide bonds. The van der Waals surface area contributed by atoms with Crippen molar-refractivity contribution < 1.29 is 9.59 Å². The third-order valence-corrected chi connectivity index (χ3v) is 5.93. The van der Waals surface area contributed by atoms with Gasteiger partial charge in [0.05, 0.1) is 11.0 Å². The molecule has 2 heterocycles. The molecule has 0 bridgehead atoms. The molecule has 8 nitrogen and oxygen atoms in total. The summed E-state index contributed by atoms with van der Waals surface area (Å²) in [5.41, 5.74) is 13.4. The normalized spacial score (nSPS) is 17.8. The zero-order valence-corrected chi connectivity index (χ0v) is 17.7. The van der Waals surface area contributed by atoms with Crippen LogP contribution < -0.4 is 27.1 Å². The third-order valence-electron chi connectivity index (χ3n) is 5.93. The molecule has 0 aliphatic carbocycles. The molecule has 8 heteroatoms. The fraction of sp³-hybridized carbons (Fsp3) is 0.160. The van der Waals surface area contributed by atoms with Gasteiger partial charge in [0.15, 0.2) is 5.43 Å². The Bertz CT molecular complexity index is 1340. The van der Waals surface area contributed by atoms with E-state index >= 15 is 0 Å². The lowest BCUT2D eigenvalue weighted by Gasteiger charge is -2.16. The Morgan fingerprint density at radius 1 is 0.818 bits per heavy atom. The van der Waals surface area contributed by atoms with E-state index in [9.17, 15) is 14.4 Å². The topological polar surface area (TPSA) is 104 Å². The van der Waals surface area contributed by atoms with Gasteiger partial charge in [-0.3, -0.25) is 25.2 Å². The number of carbonyl (C=O) groups is 2. The van der Waals surface area contributed by atoms with Crippen LogP contribution in [0.1, 0.15) is 18.0 Å². The SMILES string of the molecule is O=C(Cn1c2ccccc2c(=O)c2ccccc21)NNC(=O)C1CC(c2ccccc2)NN1. The van der Waals surface area contributed by atoms with E-state index in [0.29, 0.717) is 28.2 Å². The number of nitrogens with one attached hydrogen (secondary N) is 4. The molecule has 0 saturated carbocycles. The van der Waals surface area contributed by atoms with Crippen molar-refractivity contribution in [2.24, 2.45) is 0 Å². The van der Waals surface area contributed by atoms with Crippen molar-refractivity contribution in [1.82, 2.24) is 26.3 Å². The monoisotopic (exact) mass is 441 g/mol. The Kier molecular flexibility index (Phi) is 5.60. The summed E-state index contributed by atoms with van der Waals surface area (Å²) < 4.78 is 1.79. The van der Waals surface area contributed by atoms with Gasteiger partial charge in [-0.05, 0) is 36.2 Å². The number of nitrogens with zero attached hydrogens (tertiary/aromatic N) is 1. The Hall–Kier alpha value is -4.01. The molecule has 3 aromatic carbocycles. The highest BCUT2D eigenvalue weighted by atomic mass is 16.2. The molecule has 1 fully saturated rings. The van der Waals surface area contributed by atoms with Crippen molar-refractivity contribution in [2.75, 3.05) is 0 Å². The smallest absolute Gasteiger partial charge is 0.258 e. The van der Waals surface area contributed by atoms with E-state index in [1.807, 2.05) is 54.6 Å². The second kappa shape index (κ2) is 8.85. The predicted octanol–water partition coefficient (Wildman–Crippen LogP) is 1.91. The summed E-state index contributed by atoms with van der Waals surface area (Å²) in [5.74, 6) is -0.725. The quantitative estimate of drug-likeness (QED) is 0.286. The van der Waals surface area contributed by atoms with Gasteiger partial charge in [-0.15, -0.1) is 0 Å². The average molecular weight is 441 g/mol. The number of hydrogen-bond acceptors (Lipinski definition) is 5. The van der Waals surface area contributed by atoms with E-state index in [1.165, 1.54) is 0 Å². The first-order chi connectivity index (χ1) is 16.1. The van der Waals surface area contributed by atoms with Crippen LogP contribution in [0.4, 0.5) is 0 Å². The van der Waals surface area contributed by atoms with Crippen molar-refractivity contribution >= 4 is 33.6 Å². The van der Waals surface area contributed by atoms with Crippen molar-refractivity contribution in [3.8, 4) is 0 Å². The molecule has 1 aliphatic heterocycles. The van der Waals surface area contributed by atoms with Gasteiger partial charge in [0.2, 0.25) is 0 Å². The minimum absolute atomic E-state index is 0.0107. The molecule has 0 radical (unpaired) electrons. The first kappa shape index (κ1) is 20.9. The fourth-order valence-corrected chi connectivity index (χ4v) is 4.28. The van der Waals surface area contributed by atoms with Gasteiger partial charge < -0.3 is 4.57 Å². The second-order valence-electron chi connectivity index (χ2n) is 8.03. The highest BCUT2D eigenvalue weighted by molar-refractivity contribution is 5.95. The molecular weight excluding hydrogens is 418 g/mol. The number of benzene rings is 3. The number of carbonyl (C=O) groups excluding carboxylic acids is 2. The highest BCUT2D eigenvalue weighted by Gasteiger charge is 2.30. The van der Waals surface area contributed by atoms with Gasteiger partial charge >= 0.3 is 0 Å². The Morgan fingerprint density at radius 3 is 2.09 bits per heavy atom. The molecule has 2 atom stereocenters. The first-order valence-corrected chi connectivity index (χ1v) is 10.8. The van der Waals surface area contributed by atoms with E-state index in [1.54, 1.807) is 28.8 Å². The molecule has 33 heavy (non-hydrogen) atoms. The number of hydrogen-bond donors (Lipinski definition) is 4. The van der Waals surface area contributed by atoms with Crippen LogP contribution in [0.15, 0.2) is 83.7 Å². The standard InChI is InChI=1S/C25H23N5O3/c31-23(28-29-25(33)20-14-19(26-27-20)16-8-2-1-3-9-16)15-30-21-12-6-4-10-17(21)24(32)18-11-5-7-13-22(18)30/h1-13,19-20,26-27H,14-15H2,(H,28,31)(H,29,33). The Morgan fingerprint density at radius 2 is 1.42 bits per heavy atom. The number of para-hydroxylation sites is 2. The van der Waals surface area contributed by atoms with Crippen LogP contribution in [0.25, 0.3) is 21.8 Å². The van der Waals surface area contributed by atoms with Crippen LogP contribution in [0.3, 0.4) is 0 Å². The average Bonchev–Trinajstić information content (AvgIpc) is 3.36. The Balaban J connectivity index is 1.28. The van der Waals surface area contributed by atoms with Crippen molar-refractivity contribution in [3.05, 3.63) is 94.6 Å². The first-order valence-electron chi connectivity index (χ1n) is 10.8. The molecule has 1 aliphatic rings. The van der Waals surface area contributed by atoms with E-state index in [-0.39, 0.29) is 23.9 Å². The van der Waals surface area contributed by atoms with Crippen LogP contribution >= 0.6 is 0 Å². The van der Waals surface area contributed by atoms with Gasteiger partial charge in [0, 0.05) is 16.8 Å². The number of amides is 2. The molecule has 1 aromatic heterocycles. The van der Waals surface area contributed by atoms with Crippen LogP contribution in [0, 0.1) is 0 Å². The second-order valence-corrected chi connectivity index (χ2v) is 8.03. The van der Waals surface area contributed by atoms with Crippen molar-refractivity contribution in [2.45, 2.75) is 25.0 Å². The largest absolute Gasteiger partial charge is 0.331 e. The van der Waals surface area contributed by atoms with Gasteiger partial charge in [-0.2, -0.15) is 0 Å². The van der Waals surface area contributed by atoms with Crippen LogP contribution in [0.2, 0.25) is 0 Å².